The first-order valence-corrected chi connectivity index (χ1v) is 8.80. The molecule has 1 aliphatic rings. The number of ether oxygens (including phenoxy) is 3. The van der Waals surface area contributed by atoms with Crippen LogP contribution in [0.1, 0.15) is 16.6 Å². The molecule has 0 atom stereocenters. The highest BCUT2D eigenvalue weighted by molar-refractivity contribution is 7.18. The first-order valence-electron chi connectivity index (χ1n) is 7.98. The molecule has 1 aromatic heterocycles. The maximum Gasteiger partial charge on any atom is 0.348 e. The molecule has 126 valence electrons. The summed E-state index contributed by atoms with van der Waals surface area (Å²) >= 11 is 1.41. The highest BCUT2D eigenvalue weighted by atomic mass is 32.1. The molecule has 0 bridgehead atoms. The third kappa shape index (κ3) is 2.57. The van der Waals surface area contributed by atoms with E-state index in [1.807, 2.05) is 48.5 Å². The lowest BCUT2D eigenvalue weighted by Gasteiger charge is -2.12. The second-order valence-corrected chi connectivity index (χ2v) is 6.56. The van der Waals surface area contributed by atoms with Crippen LogP contribution in [0, 0.1) is 0 Å². The Morgan fingerprint density at radius 2 is 1.88 bits per heavy atom. The van der Waals surface area contributed by atoms with E-state index in [1.54, 1.807) is 14.0 Å². The highest BCUT2D eigenvalue weighted by Gasteiger charge is 2.27. The molecule has 0 saturated heterocycles. The molecular weight excluding hydrogens is 336 g/mol. The van der Waals surface area contributed by atoms with Gasteiger partial charge in [0.2, 0.25) is 0 Å². The molecule has 0 saturated carbocycles. The summed E-state index contributed by atoms with van der Waals surface area (Å²) in [5, 5.41) is 0. The quantitative estimate of drug-likeness (QED) is 0.465. The van der Waals surface area contributed by atoms with Crippen LogP contribution in [0.3, 0.4) is 0 Å². The molecule has 0 radical (unpaired) electrons. The van der Waals surface area contributed by atoms with Gasteiger partial charge in [-0.25, -0.2) is 4.79 Å². The Labute approximate surface area is 149 Å². The van der Waals surface area contributed by atoms with Crippen molar-refractivity contribution in [1.82, 2.24) is 0 Å². The predicted molar refractivity (Wildman–Crippen MR) is 97.8 cm³/mol. The van der Waals surface area contributed by atoms with Crippen molar-refractivity contribution in [3.63, 3.8) is 0 Å². The van der Waals surface area contributed by atoms with Crippen LogP contribution in [-0.2, 0) is 4.74 Å². The summed E-state index contributed by atoms with van der Waals surface area (Å²) in [6, 6.07) is 15.5. The van der Waals surface area contributed by atoms with Gasteiger partial charge in [-0.15, -0.1) is 11.3 Å². The van der Waals surface area contributed by atoms with Crippen molar-refractivity contribution in [1.29, 1.82) is 0 Å². The third-order valence-electron chi connectivity index (χ3n) is 4.04. The molecule has 3 aromatic rings. The number of para-hydroxylation sites is 2. The monoisotopic (exact) mass is 352 g/mol. The average molecular weight is 352 g/mol. The topological polar surface area (TPSA) is 44.8 Å². The number of esters is 1. The lowest BCUT2D eigenvalue weighted by molar-refractivity contribution is 0.0532. The second-order valence-electron chi connectivity index (χ2n) is 5.51. The first kappa shape index (κ1) is 15.7. The van der Waals surface area contributed by atoms with Crippen molar-refractivity contribution in [3.8, 4) is 38.8 Å². The summed E-state index contributed by atoms with van der Waals surface area (Å²) in [7, 11) is 1.62. The molecule has 25 heavy (non-hydrogen) atoms. The largest absolute Gasteiger partial charge is 0.493 e. The molecule has 0 aliphatic carbocycles. The van der Waals surface area contributed by atoms with Crippen molar-refractivity contribution >= 4 is 17.3 Å². The Kier molecular flexibility index (Phi) is 3.93. The molecule has 4 rings (SSSR count). The van der Waals surface area contributed by atoms with Crippen molar-refractivity contribution in [2.45, 2.75) is 6.92 Å². The van der Waals surface area contributed by atoms with E-state index in [2.05, 4.69) is 0 Å². The number of carbonyl (C=O) groups is 1. The number of fused-ring (bicyclic) bond motifs is 5. The lowest BCUT2D eigenvalue weighted by atomic mass is 10.0. The molecule has 0 spiro atoms. The number of rotatable bonds is 3. The van der Waals surface area contributed by atoms with E-state index in [1.165, 1.54) is 11.3 Å². The smallest absolute Gasteiger partial charge is 0.348 e. The van der Waals surface area contributed by atoms with E-state index < -0.39 is 0 Å². The summed E-state index contributed by atoms with van der Waals surface area (Å²) in [5.74, 6) is 1.75. The summed E-state index contributed by atoms with van der Waals surface area (Å²) in [6.45, 7) is 2.16. The van der Waals surface area contributed by atoms with E-state index >= 15 is 0 Å². The van der Waals surface area contributed by atoms with E-state index in [9.17, 15) is 4.79 Å². The summed E-state index contributed by atoms with van der Waals surface area (Å²) in [4.78, 5) is 13.8. The van der Waals surface area contributed by atoms with Gasteiger partial charge in [-0.2, -0.15) is 0 Å². The fourth-order valence-corrected chi connectivity index (χ4v) is 4.03. The third-order valence-corrected chi connectivity index (χ3v) is 5.19. The molecule has 2 heterocycles. The van der Waals surface area contributed by atoms with Crippen molar-refractivity contribution in [3.05, 3.63) is 53.4 Å². The second kappa shape index (κ2) is 6.26. The van der Waals surface area contributed by atoms with Crippen LogP contribution in [-0.4, -0.2) is 19.7 Å². The van der Waals surface area contributed by atoms with Crippen LogP contribution in [0.2, 0.25) is 0 Å². The summed E-state index contributed by atoms with van der Waals surface area (Å²) in [6.07, 6.45) is 0. The minimum atomic E-state index is -0.302. The molecule has 0 amide bonds. The van der Waals surface area contributed by atoms with E-state index in [0.29, 0.717) is 23.0 Å². The van der Waals surface area contributed by atoms with Crippen LogP contribution >= 0.6 is 11.3 Å². The Balaban J connectivity index is 2.00. The van der Waals surface area contributed by atoms with Gasteiger partial charge in [-0.05, 0) is 31.2 Å². The highest BCUT2D eigenvalue weighted by Crippen LogP contribution is 2.52. The van der Waals surface area contributed by atoms with Gasteiger partial charge >= 0.3 is 5.97 Å². The zero-order valence-corrected chi connectivity index (χ0v) is 14.7. The Bertz CT molecular complexity index is 958. The molecule has 0 unspecified atom stereocenters. The van der Waals surface area contributed by atoms with Gasteiger partial charge in [0.1, 0.15) is 10.6 Å². The number of benzene rings is 2. The van der Waals surface area contributed by atoms with Gasteiger partial charge in [0.05, 0.1) is 13.7 Å². The molecular formula is C20H16O4S. The number of carbonyl (C=O) groups excluding carboxylic acids is 1. The van der Waals surface area contributed by atoms with Crippen molar-refractivity contribution in [2.75, 3.05) is 13.7 Å². The zero-order chi connectivity index (χ0) is 17.4. The fraction of sp³-hybridized carbons (Fsp3) is 0.150. The predicted octanol–water partition coefficient (Wildman–Crippen LogP) is 5.37. The summed E-state index contributed by atoms with van der Waals surface area (Å²) in [5.41, 5.74) is 2.82. The van der Waals surface area contributed by atoms with Gasteiger partial charge in [-0.1, -0.05) is 24.3 Å². The molecule has 1 aliphatic heterocycles. The fourth-order valence-electron chi connectivity index (χ4n) is 2.94. The van der Waals surface area contributed by atoms with Crippen LogP contribution in [0.4, 0.5) is 0 Å². The van der Waals surface area contributed by atoms with Gasteiger partial charge in [0, 0.05) is 21.6 Å². The molecule has 0 fully saturated rings. The van der Waals surface area contributed by atoms with E-state index in [-0.39, 0.29) is 5.97 Å². The summed E-state index contributed by atoms with van der Waals surface area (Å²) < 4.78 is 16.8. The van der Waals surface area contributed by atoms with Gasteiger partial charge in [-0.3, -0.25) is 0 Å². The van der Waals surface area contributed by atoms with Gasteiger partial charge in [0.15, 0.2) is 11.5 Å². The zero-order valence-electron chi connectivity index (χ0n) is 13.9. The lowest BCUT2D eigenvalue weighted by Crippen LogP contribution is -2.01. The van der Waals surface area contributed by atoms with E-state index in [0.717, 1.165) is 27.3 Å². The number of thiophene rings is 1. The first-order chi connectivity index (χ1) is 12.2. The maximum atomic E-state index is 12.2. The standard InChI is InChI=1S/C20H16O4S/c1-3-23-20(21)17-11-14-12-7-4-5-9-15(12)24-18-13(19(14)25-17)8-6-10-16(18)22-2/h4-11H,3H2,1-2H3. The van der Waals surface area contributed by atoms with Crippen molar-refractivity contribution in [2.24, 2.45) is 0 Å². The average Bonchev–Trinajstić information content (AvgIpc) is 3.02. The number of hydrogen-bond donors (Lipinski definition) is 0. The molecule has 2 aromatic carbocycles. The SMILES string of the molecule is CCOC(=O)c1cc2c(s1)-c1cccc(OC)c1Oc1ccccc1-2. The molecule has 4 nitrogen and oxygen atoms in total. The molecule has 0 N–H and O–H groups in total. The Hall–Kier alpha value is -2.79. The maximum absolute atomic E-state index is 12.2. The minimum absolute atomic E-state index is 0.302. The normalized spacial score (nSPS) is 11.4. The van der Waals surface area contributed by atoms with Crippen LogP contribution in [0.25, 0.3) is 21.6 Å². The van der Waals surface area contributed by atoms with Crippen LogP contribution in [0.5, 0.6) is 17.2 Å². The van der Waals surface area contributed by atoms with Gasteiger partial charge < -0.3 is 14.2 Å². The van der Waals surface area contributed by atoms with E-state index in [4.69, 9.17) is 14.2 Å². The Morgan fingerprint density at radius 1 is 1.08 bits per heavy atom. The van der Waals surface area contributed by atoms with Crippen LogP contribution in [0.15, 0.2) is 48.5 Å². The van der Waals surface area contributed by atoms with Gasteiger partial charge in [0.25, 0.3) is 0 Å². The Morgan fingerprint density at radius 3 is 2.68 bits per heavy atom. The number of methoxy groups -OCH3 is 1. The van der Waals surface area contributed by atoms with Crippen molar-refractivity contribution < 1.29 is 19.0 Å². The molecule has 5 heteroatoms. The number of hydrogen-bond acceptors (Lipinski definition) is 5. The van der Waals surface area contributed by atoms with Crippen LogP contribution < -0.4 is 9.47 Å². The minimum Gasteiger partial charge on any atom is -0.493 e.